The Morgan fingerprint density at radius 2 is 1.94 bits per heavy atom. The maximum atomic E-state index is 10.7. The molecule has 2 aromatic rings. The van der Waals surface area contributed by atoms with Gasteiger partial charge in [0, 0.05) is 16.2 Å². The topological polar surface area (TPSA) is 63.1 Å². The molecule has 90 valence electrons. The fourth-order valence-electron chi connectivity index (χ4n) is 1.21. The highest BCUT2D eigenvalue weighted by Gasteiger charge is 2.20. The van der Waals surface area contributed by atoms with E-state index in [4.69, 9.17) is 5.11 Å². The molecule has 0 unspecified atom stereocenters. The molecule has 0 radical (unpaired) electrons. The Hall–Kier alpha value is -1.27. The van der Waals surface area contributed by atoms with Gasteiger partial charge in [-0.1, -0.05) is 20.8 Å². The van der Waals surface area contributed by atoms with Gasteiger partial charge >= 0.3 is 5.97 Å². The summed E-state index contributed by atoms with van der Waals surface area (Å²) in [6.45, 7) is 6.29. The molecule has 0 aliphatic rings. The minimum absolute atomic E-state index is 0.00973. The molecule has 0 aromatic carbocycles. The first-order valence-electron chi connectivity index (χ1n) is 5.03. The van der Waals surface area contributed by atoms with Crippen LogP contribution in [0.2, 0.25) is 0 Å². The summed E-state index contributed by atoms with van der Waals surface area (Å²) in [7, 11) is 0. The van der Waals surface area contributed by atoms with Gasteiger partial charge < -0.3 is 5.11 Å². The third-order valence-electron chi connectivity index (χ3n) is 2.09. The van der Waals surface area contributed by atoms with E-state index in [-0.39, 0.29) is 11.1 Å². The largest absolute Gasteiger partial charge is 0.476 e. The van der Waals surface area contributed by atoms with Crippen molar-refractivity contribution in [3.8, 4) is 10.7 Å². The zero-order valence-corrected chi connectivity index (χ0v) is 11.4. The Kier molecular flexibility index (Phi) is 3.01. The van der Waals surface area contributed by atoms with Crippen LogP contribution in [0, 0.1) is 0 Å². The average Bonchev–Trinajstić information content (AvgIpc) is 2.85. The van der Waals surface area contributed by atoms with E-state index in [1.165, 1.54) is 16.7 Å². The molecule has 2 aromatic heterocycles. The average molecular weight is 268 g/mol. The van der Waals surface area contributed by atoms with Crippen LogP contribution in [0.15, 0.2) is 10.8 Å². The van der Waals surface area contributed by atoms with Crippen LogP contribution >= 0.6 is 22.7 Å². The number of carbonyl (C=O) groups is 1. The van der Waals surface area contributed by atoms with Crippen molar-refractivity contribution in [1.82, 2.24) is 9.97 Å². The van der Waals surface area contributed by atoms with E-state index in [0.29, 0.717) is 5.01 Å². The second kappa shape index (κ2) is 4.19. The van der Waals surface area contributed by atoms with Crippen molar-refractivity contribution in [2.75, 3.05) is 0 Å². The van der Waals surface area contributed by atoms with Crippen molar-refractivity contribution in [2.24, 2.45) is 0 Å². The fraction of sp³-hybridized carbons (Fsp3) is 0.364. The van der Waals surface area contributed by atoms with Gasteiger partial charge in [0.05, 0.1) is 5.01 Å². The maximum absolute atomic E-state index is 10.7. The van der Waals surface area contributed by atoms with Gasteiger partial charge in [-0.3, -0.25) is 0 Å². The molecule has 0 saturated carbocycles. The number of hydrogen-bond donors (Lipinski definition) is 1. The lowest BCUT2D eigenvalue weighted by atomic mass is 9.98. The Morgan fingerprint density at radius 1 is 1.24 bits per heavy atom. The summed E-state index contributed by atoms with van der Waals surface area (Å²) >= 11 is 2.88. The highest BCUT2D eigenvalue weighted by molar-refractivity contribution is 7.14. The molecule has 0 amide bonds. The van der Waals surface area contributed by atoms with E-state index in [2.05, 4.69) is 30.7 Å². The summed E-state index contributed by atoms with van der Waals surface area (Å²) in [6, 6.07) is 0. The van der Waals surface area contributed by atoms with E-state index in [9.17, 15) is 4.79 Å². The van der Waals surface area contributed by atoms with Gasteiger partial charge in [-0.2, -0.15) is 0 Å². The third-order valence-corrected chi connectivity index (χ3v) is 4.22. The molecule has 1 N–H and O–H groups in total. The zero-order chi connectivity index (χ0) is 12.6. The minimum Gasteiger partial charge on any atom is -0.476 e. The van der Waals surface area contributed by atoms with Crippen LogP contribution < -0.4 is 0 Å². The SMILES string of the molecule is CC(C)(C)c1nc(-c2nc(C(=O)O)cs2)cs1. The molecule has 0 aliphatic heterocycles. The van der Waals surface area contributed by atoms with Crippen LogP contribution in [0.3, 0.4) is 0 Å². The summed E-state index contributed by atoms with van der Waals surface area (Å²) < 4.78 is 0. The predicted molar refractivity (Wildman–Crippen MR) is 68.9 cm³/mol. The minimum atomic E-state index is -1.00. The van der Waals surface area contributed by atoms with Gasteiger partial charge in [0.1, 0.15) is 10.7 Å². The molecule has 0 fully saturated rings. The summed E-state index contributed by atoms with van der Waals surface area (Å²) in [5.41, 5.74) is 0.850. The quantitative estimate of drug-likeness (QED) is 0.908. The van der Waals surface area contributed by atoms with E-state index in [0.717, 1.165) is 10.7 Å². The van der Waals surface area contributed by atoms with Crippen molar-refractivity contribution in [2.45, 2.75) is 26.2 Å². The van der Waals surface area contributed by atoms with Crippen molar-refractivity contribution in [1.29, 1.82) is 0 Å². The fourth-order valence-corrected chi connectivity index (χ4v) is 2.93. The molecule has 0 bridgehead atoms. The molecule has 0 aliphatic carbocycles. The molecule has 2 heterocycles. The van der Waals surface area contributed by atoms with Crippen LogP contribution in [0.4, 0.5) is 0 Å². The molecule has 0 atom stereocenters. The van der Waals surface area contributed by atoms with Gasteiger partial charge in [-0.15, -0.1) is 22.7 Å². The van der Waals surface area contributed by atoms with Crippen LogP contribution in [0.25, 0.3) is 10.7 Å². The lowest BCUT2D eigenvalue weighted by Crippen LogP contribution is -2.10. The van der Waals surface area contributed by atoms with Crippen molar-refractivity contribution in [3.05, 3.63) is 21.5 Å². The molecule has 17 heavy (non-hydrogen) atoms. The van der Waals surface area contributed by atoms with Gasteiger partial charge in [-0.05, 0) is 0 Å². The highest BCUT2D eigenvalue weighted by Crippen LogP contribution is 2.31. The van der Waals surface area contributed by atoms with Gasteiger partial charge in [0.15, 0.2) is 5.69 Å². The summed E-state index contributed by atoms with van der Waals surface area (Å²) in [6.07, 6.45) is 0. The lowest BCUT2D eigenvalue weighted by molar-refractivity contribution is 0.0691. The van der Waals surface area contributed by atoms with E-state index < -0.39 is 5.97 Å². The molecular formula is C11H12N2O2S2. The first-order chi connectivity index (χ1) is 7.88. The number of aromatic carboxylic acids is 1. The van der Waals surface area contributed by atoms with Crippen LogP contribution in [-0.2, 0) is 5.41 Å². The van der Waals surface area contributed by atoms with Crippen molar-refractivity contribution in [3.63, 3.8) is 0 Å². The molecule has 6 heteroatoms. The van der Waals surface area contributed by atoms with Crippen molar-refractivity contribution >= 4 is 28.6 Å². The third kappa shape index (κ3) is 2.53. The first kappa shape index (κ1) is 12.2. The predicted octanol–water partition coefficient (Wildman–Crippen LogP) is 3.26. The molecule has 4 nitrogen and oxygen atoms in total. The molecular weight excluding hydrogens is 256 g/mol. The second-order valence-electron chi connectivity index (χ2n) is 4.63. The molecule has 2 rings (SSSR count). The van der Waals surface area contributed by atoms with E-state index in [1.807, 2.05) is 5.38 Å². The Bertz CT molecular complexity index is 552. The number of aromatic nitrogens is 2. The maximum Gasteiger partial charge on any atom is 0.355 e. The van der Waals surface area contributed by atoms with Gasteiger partial charge in [0.25, 0.3) is 0 Å². The van der Waals surface area contributed by atoms with Crippen LogP contribution in [-0.4, -0.2) is 21.0 Å². The number of carboxylic acids is 1. The van der Waals surface area contributed by atoms with Crippen molar-refractivity contribution < 1.29 is 9.90 Å². The van der Waals surface area contributed by atoms with E-state index in [1.54, 1.807) is 11.3 Å². The Balaban J connectivity index is 2.34. The lowest BCUT2D eigenvalue weighted by Gasteiger charge is -2.13. The standard InChI is InChI=1S/C11H12N2O2S2/c1-11(2,3)10-13-6(4-17-10)8-12-7(5-16-8)9(14)15/h4-5H,1-3H3,(H,14,15). The number of carboxylic acid groups (broad SMARTS) is 1. The number of nitrogens with zero attached hydrogens (tertiary/aromatic N) is 2. The van der Waals surface area contributed by atoms with Crippen LogP contribution in [0.5, 0.6) is 0 Å². The monoisotopic (exact) mass is 268 g/mol. The molecule has 0 spiro atoms. The highest BCUT2D eigenvalue weighted by atomic mass is 32.1. The normalized spacial score (nSPS) is 11.7. The van der Waals surface area contributed by atoms with Crippen LogP contribution in [0.1, 0.15) is 36.3 Å². The molecule has 0 saturated heterocycles. The number of hydrogen-bond acceptors (Lipinski definition) is 5. The summed E-state index contributed by atoms with van der Waals surface area (Å²) in [4.78, 5) is 19.3. The van der Waals surface area contributed by atoms with Gasteiger partial charge in [-0.25, -0.2) is 14.8 Å². The smallest absolute Gasteiger partial charge is 0.355 e. The number of rotatable bonds is 2. The Morgan fingerprint density at radius 3 is 2.41 bits per heavy atom. The first-order valence-corrected chi connectivity index (χ1v) is 6.79. The zero-order valence-electron chi connectivity index (χ0n) is 9.72. The Labute approximate surface area is 107 Å². The summed E-state index contributed by atoms with van der Waals surface area (Å²) in [5, 5.41) is 14.0. The number of thiazole rings is 2. The second-order valence-corrected chi connectivity index (χ2v) is 6.35. The summed E-state index contributed by atoms with van der Waals surface area (Å²) in [5.74, 6) is -1.00. The van der Waals surface area contributed by atoms with Gasteiger partial charge in [0.2, 0.25) is 0 Å². The van der Waals surface area contributed by atoms with E-state index >= 15 is 0 Å².